The molecule has 1 aliphatic carbocycles. The molecule has 2 aliphatic rings. The summed E-state index contributed by atoms with van der Waals surface area (Å²) in [6, 6.07) is 19.3. The molecule has 8 nitrogen and oxygen atoms in total. The quantitative estimate of drug-likeness (QED) is 0.226. The number of amidine groups is 1. The summed E-state index contributed by atoms with van der Waals surface area (Å²) in [6.45, 7) is 6.36. The van der Waals surface area contributed by atoms with Gasteiger partial charge in [0.2, 0.25) is 0 Å². The van der Waals surface area contributed by atoms with Crippen molar-refractivity contribution < 1.29 is 22.7 Å². The molecule has 1 N–H and O–H groups in total. The molecule has 0 spiro atoms. The van der Waals surface area contributed by atoms with Crippen LogP contribution in [0.4, 0.5) is 23.7 Å². The topological polar surface area (TPSA) is 84.6 Å². The highest BCUT2D eigenvalue weighted by atomic mass is 32.2. The third kappa shape index (κ3) is 6.96. The number of urea groups is 1. The number of aryl methyl sites for hydroxylation is 2. The lowest BCUT2D eigenvalue weighted by molar-refractivity contribution is -0.274. The van der Waals surface area contributed by atoms with Crippen LogP contribution in [-0.4, -0.2) is 44.1 Å². The lowest BCUT2D eigenvalue weighted by Crippen LogP contribution is -2.43. The molecule has 0 bridgehead atoms. The van der Waals surface area contributed by atoms with E-state index in [4.69, 9.17) is 0 Å². The van der Waals surface area contributed by atoms with Crippen LogP contribution in [0.5, 0.6) is 5.75 Å². The smallest absolute Gasteiger partial charge is 0.406 e. The van der Waals surface area contributed by atoms with E-state index in [1.165, 1.54) is 35.3 Å². The summed E-state index contributed by atoms with van der Waals surface area (Å²) in [4.78, 5) is 24.4. The average Bonchev–Trinajstić information content (AvgIpc) is 3.68. The van der Waals surface area contributed by atoms with Crippen molar-refractivity contribution in [2.24, 2.45) is 4.99 Å². The van der Waals surface area contributed by atoms with Gasteiger partial charge in [0.05, 0.1) is 5.69 Å². The summed E-state index contributed by atoms with van der Waals surface area (Å²) < 4.78 is 42.8. The van der Waals surface area contributed by atoms with E-state index < -0.39 is 6.36 Å². The molecule has 2 amide bonds. The Morgan fingerprint density at radius 1 is 1.00 bits per heavy atom. The Kier molecular flexibility index (Phi) is 8.90. The molecule has 1 atom stereocenters. The van der Waals surface area contributed by atoms with E-state index in [1.807, 2.05) is 30.3 Å². The van der Waals surface area contributed by atoms with Crippen LogP contribution in [0.3, 0.4) is 0 Å². The number of hydrogen-bond acceptors (Lipinski definition) is 5. The van der Waals surface area contributed by atoms with Gasteiger partial charge < -0.3 is 15.0 Å². The molecule has 1 unspecified atom stereocenters. The number of rotatable bonds is 6. The predicted molar refractivity (Wildman–Crippen MR) is 175 cm³/mol. The van der Waals surface area contributed by atoms with Crippen LogP contribution < -0.4 is 15.0 Å². The van der Waals surface area contributed by atoms with E-state index in [0.717, 1.165) is 75.8 Å². The number of hydrogen-bond donors (Lipinski definition) is 1. The zero-order valence-electron chi connectivity index (χ0n) is 25.6. The van der Waals surface area contributed by atoms with Crippen molar-refractivity contribution in [3.63, 3.8) is 0 Å². The number of nitrogens with zero attached hydrogens (tertiary/aromatic N) is 5. The summed E-state index contributed by atoms with van der Waals surface area (Å²) in [6.07, 6.45) is 0.295. The first-order valence-corrected chi connectivity index (χ1v) is 16.0. The number of anilines is 1. The molecule has 1 aromatic heterocycles. The Morgan fingerprint density at radius 3 is 2.39 bits per heavy atom. The normalized spacial score (nSPS) is 17.9. The summed E-state index contributed by atoms with van der Waals surface area (Å²) >= 11 is 1.61. The molecule has 1 fully saturated rings. The number of halogens is 3. The number of alkyl halides is 3. The number of carbonyl (C=O) groups is 1. The fourth-order valence-corrected chi connectivity index (χ4v) is 7.08. The van der Waals surface area contributed by atoms with E-state index in [1.54, 1.807) is 11.8 Å². The maximum absolute atomic E-state index is 13.3. The standard InChI is InChI=1S/C34H33F3N6O2S/c1-21-6-4-7-22(2)30(21)43-23(3)18-19-46-33(43)40-32(44)39-29-9-5-8-28(29)24-10-12-25(13-11-24)31-38-20-42(41-31)26-14-16-27(17-15-26)45-34(35,36)37/h4,6-7,10-17,20,23H,5,8-9,18-19H2,1-3H3,(H,39,44)/b40-33-. The number of thioether (sulfide) groups is 1. The minimum Gasteiger partial charge on any atom is -0.406 e. The van der Waals surface area contributed by atoms with Crippen LogP contribution in [0.2, 0.25) is 0 Å². The zero-order valence-corrected chi connectivity index (χ0v) is 26.5. The Balaban J connectivity index is 1.17. The van der Waals surface area contributed by atoms with Crippen LogP contribution in [-0.2, 0) is 0 Å². The highest BCUT2D eigenvalue weighted by Crippen LogP contribution is 2.35. The lowest BCUT2D eigenvalue weighted by Gasteiger charge is -2.37. The third-order valence-corrected chi connectivity index (χ3v) is 9.07. The van der Waals surface area contributed by atoms with Gasteiger partial charge in [-0.2, -0.15) is 4.99 Å². The molecular weight excluding hydrogens is 613 g/mol. The van der Waals surface area contributed by atoms with Gasteiger partial charge in [-0.3, -0.25) is 0 Å². The molecule has 6 rings (SSSR count). The molecule has 238 valence electrons. The van der Waals surface area contributed by atoms with Crippen molar-refractivity contribution in [1.29, 1.82) is 0 Å². The number of amides is 2. The van der Waals surface area contributed by atoms with Gasteiger partial charge in [-0.15, -0.1) is 18.3 Å². The molecule has 0 saturated carbocycles. The van der Waals surface area contributed by atoms with Gasteiger partial charge in [0, 0.05) is 28.7 Å². The van der Waals surface area contributed by atoms with Crippen LogP contribution in [0, 0.1) is 13.8 Å². The number of para-hydroxylation sites is 1. The van der Waals surface area contributed by atoms with Crippen molar-refractivity contribution in [1.82, 2.24) is 20.1 Å². The molecule has 1 saturated heterocycles. The highest BCUT2D eigenvalue weighted by molar-refractivity contribution is 8.14. The second kappa shape index (κ2) is 13.0. The van der Waals surface area contributed by atoms with Crippen LogP contribution >= 0.6 is 11.8 Å². The first kappa shape index (κ1) is 31.4. The first-order chi connectivity index (χ1) is 22.1. The maximum Gasteiger partial charge on any atom is 0.573 e. The molecule has 12 heteroatoms. The molecular formula is C34H33F3N6O2S. The van der Waals surface area contributed by atoms with E-state index in [0.29, 0.717) is 11.5 Å². The second-order valence-corrected chi connectivity index (χ2v) is 12.4. The zero-order chi connectivity index (χ0) is 32.4. The van der Waals surface area contributed by atoms with Crippen LogP contribution in [0.1, 0.15) is 49.3 Å². The van der Waals surface area contributed by atoms with Crippen molar-refractivity contribution in [3.05, 3.63) is 95.4 Å². The van der Waals surface area contributed by atoms with Crippen molar-refractivity contribution in [2.75, 3.05) is 10.7 Å². The van der Waals surface area contributed by atoms with Gasteiger partial charge in [-0.1, -0.05) is 54.2 Å². The van der Waals surface area contributed by atoms with Crippen LogP contribution in [0.25, 0.3) is 22.6 Å². The monoisotopic (exact) mass is 646 g/mol. The van der Waals surface area contributed by atoms with E-state index in [-0.39, 0.29) is 17.8 Å². The van der Waals surface area contributed by atoms with Gasteiger partial charge in [0.25, 0.3) is 0 Å². The number of allylic oxidation sites excluding steroid dienone is 2. The number of ether oxygens (including phenoxy) is 1. The Morgan fingerprint density at radius 2 is 1.70 bits per heavy atom. The molecule has 1 aliphatic heterocycles. The fraction of sp³-hybridized carbons (Fsp3) is 0.294. The third-order valence-electron chi connectivity index (χ3n) is 8.09. The van der Waals surface area contributed by atoms with Crippen molar-refractivity contribution >= 4 is 34.2 Å². The van der Waals surface area contributed by atoms with E-state index in [2.05, 4.69) is 62.9 Å². The van der Waals surface area contributed by atoms with E-state index >= 15 is 0 Å². The fourth-order valence-electron chi connectivity index (χ4n) is 5.88. The Bertz CT molecular complexity index is 1780. The number of aromatic nitrogens is 3. The van der Waals surface area contributed by atoms with Gasteiger partial charge in [0.15, 0.2) is 11.0 Å². The number of carbonyl (C=O) groups excluding carboxylic acids is 1. The first-order valence-electron chi connectivity index (χ1n) is 15.0. The van der Waals surface area contributed by atoms with Gasteiger partial charge in [-0.25, -0.2) is 14.5 Å². The predicted octanol–water partition coefficient (Wildman–Crippen LogP) is 8.44. The molecule has 0 radical (unpaired) electrons. The number of nitrogens with one attached hydrogen (secondary N) is 1. The maximum atomic E-state index is 13.3. The average molecular weight is 647 g/mol. The minimum absolute atomic E-state index is 0.228. The Hall–Kier alpha value is -4.58. The van der Waals surface area contributed by atoms with Gasteiger partial charge in [-0.05, 0) is 93.0 Å². The number of benzene rings is 3. The van der Waals surface area contributed by atoms with Gasteiger partial charge in [0.1, 0.15) is 12.1 Å². The van der Waals surface area contributed by atoms with Crippen molar-refractivity contribution in [3.8, 4) is 22.8 Å². The summed E-state index contributed by atoms with van der Waals surface area (Å²) in [5, 5.41) is 8.30. The van der Waals surface area contributed by atoms with Crippen molar-refractivity contribution in [2.45, 2.75) is 58.9 Å². The number of aliphatic imine (C=N–C) groups is 1. The summed E-state index contributed by atoms with van der Waals surface area (Å²) in [5.41, 5.74) is 7.72. The lowest BCUT2D eigenvalue weighted by atomic mass is 10.0. The minimum atomic E-state index is -4.75. The summed E-state index contributed by atoms with van der Waals surface area (Å²) in [7, 11) is 0. The molecule has 2 heterocycles. The molecule has 4 aromatic rings. The highest BCUT2D eigenvalue weighted by Gasteiger charge is 2.31. The molecule has 46 heavy (non-hydrogen) atoms. The second-order valence-electron chi connectivity index (χ2n) is 11.4. The Labute approximate surface area is 269 Å². The van der Waals surface area contributed by atoms with E-state index in [9.17, 15) is 18.0 Å². The largest absolute Gasteiger partial charge is 0.573 e. The summed E-state index contributed by atoms with van der Waals surface area (Å²) in [5.74, 6) is 1.07. The SMILES string of the molecule is Cc1cccc(C)c1N1/C(=N/C(=O)NC2=C(c3ccc(-c4ncn(-c5ccc(OC(F)(F)F)cc5)n4)cc3)CCC2)SCCC1C. The van der Waals surface area contributed by atoms with Gasteiger partial charge >= 0.3 is 12.4 Å². The van der Waals surface area contributed by atoms with Crippen LogP contribution in [0.15, 0.2) is 83.7 Å². The molecule has 3 aromatic carbocycles.